The minimum Gasteiger partial charge on any atom is -0.463 e. The van der Waals surface area contributed by atoms with E-state index in [9.17, 15) is 64.4 Å². The van der Waals surface area contributed by atoms with E-state index in [0.717, 1.165) is 30.3 Å². The van der Waals surface area contributed by atoms with E-state index in [-0.39, 0.29) is 41.0 Å². The largest absolute Gasteiger partial charge is 0.463 e. The minimum atomic E-state index is -5.10. The zero-order valence-corrected chi connectivity index (χ0v) is 32.3. The maximum absolute atomic E-state index is 13.4. The van der Waals surface area contributed by atoms with Gasteiger partial charge in [0, 0.05) is 12.1 Å². The number of carbonyl (C=O) groups excluding carboxylic acids is 4. The lowest BCUT2D eigenvalue weighted by atomic mass is 9.92. The molecule has 2 aromatic carbocycles. The van der Waals surface area contributed by atoms with Crippen LogP contribution < -0.4 is 4.74 Å². The van der Waals surface area contributed by atoms with Crippen molar-refractivity contribution in [3.8, 4) is 11.5 Å². The van der Waals surface area contributed by atoms with Gasteiger partial charge in [-0.05, 0) is 68.5 Å². The molecule has 0 N–H and O–H groups in total. The molecule has 0 amide bonds. The Kier molecular flexibility index (Phi) is 17.1. The standard InChI is InChI=1S/C19H15ClF3NO7.C15H16F5NO2S2/c1-3-29-17(25)10(2)30-18(26)13-9-12(5-6-15(13)24(27)28)31-16-7-4-11(8-14(16)20)19(21,22)23;1-6(2)5-7-8(13(22)24-3)10(12(16)17)21-11(15(18,19)20)9(7)14(23)25-4/h4-10H,3H2,1-2H3;6,12H,5H2,1-4H3. The molecule has 0 aliphatic rings. The van der Waals surface area contributed by atoms with E-state index in [2.05, 4.69) is 4.98 Å². The van der Waals surface area contributed by atoms with Crippen LogP contribution in [-0.2, 0) is 33.0 Å². The molecule has 3 aromatic rings. The predicted octanol–water partition coefficient (Wildman–Crippen LogP) is 10.4. The SMILES string of the molecule is CCOC(=O)C(C)OC(=O)c1cc(Oc2ccc(C(F)(F)F)cc2Cl)ccc1[N+](=O)[O-].CSC(=O)c1c(C(F)F)nc(C(F)(F)F)c(C(=O)SC)c1CC(C)C. The maximum atomic E-state index is 13.4. The fraction of sp³-hybridized carbons (Fsp3) is 0.382. The van der Waals surface area contributed by atoms with Gasteiger partial charge in [-0.15, -0.1) is 0 Å². The lowest BCUT2D eigenvalue weighted by Crippen LogP contribution is -2.26. The van der Waals surface area contributed by atoms with Gasteiger partial charge in [0.2, 0.25) is 10.2 Å². The lowest BCUT2D eigenvalue weighted by Gasteiger charge is -2.21. The number of pyridine rings is 1. The van der Waals surface area contributed by atoms with Crippen molar-refractivity contribution in [1.29, 1.82) is 0 Å². The summed E-state index contributed by atoms with van der Waals surface area (Å²) in [6, 6.07) is 5.37. The highest BCUT2D eigenvalue weighted by molar-refractivity contribution is 8.13. The number of nitrogens with zero attached hydrogens (tertiary/aromatic N) is 2. The quantitative estimate of drug-likeness (QED) is 0.0737. The number of thioether (sulfide) groups is 2. The smallest absolute Gasteiger partial charge is 0.434 e. The second-order valence-corrected chi connectivity index (χ2v) is 13.4. The highest BCUT2D eigenvalue weighted by Gasteiger charge is 2.42. The molecule has 3 rings (SSSR count). The van der Waals surface area contributed by atoms with Gasteiger partial charge in [-0.3, -0.25) is 19.7 Å². The number of rotatable bonds is 12. The van der Waals surface area contributed by atoms with Crippen LogP contribution in [0, 0.1) is 16.0 Å². The number of hydrogen-bond acceptors (Lipinski definition) is 12. The number of nitro groups is 1. The Balaban J connectivity index is 0.000000396. The Bertz CT molecular complexity index is 1960. The maximum Gasteiger partial charge on any atom is 0.434 e. The highest BCUT2D eigenvalue weighted by Crippen LogP contribution is 2.40. The average molecular weight is 863 g/mol. The summed E-state index contributed by atoms with van der Waals surface area (Å²) in [5.74, 6) is -2.62. The van der Waals surface area contributed by atoms with Crippen LogP contribution in [0.3, 0.4) is 0 Å². The highest BCUT2D eigenvalue weighted by atomic mass is 35.5. The second-order valence-electron chi connectivity index (χ2n) is 11.4. The first kappa shape index (κ1) is 47.7. The third-order valence-electron chi connectivity index (χ3n) is 6.97. The molecule has 1 heterocycles. The van der Waals surface area contributed by atoms with E-state index < -0.39 is 91.3 Å². The molecule has 0 spiro atoms. The molecule has 0 fully saturated rings. The van der Waals surface area contributed by atoms with Crippen LogP contribution >= 0.6 is 35.1 Å². The van der Waals surface area contributed by atoms with Crippen LogP contribution in [-0.4, -0.2) is 57.3 Å². The number of carbonyl (C=O) groups is 4. The molecule has 1 aromatic heterocycles. The molecular formula is C34H31ClF8N2O9S2. The molecular weight excluding hydrogens is 832 g/mol. The molecule has 0 aliphatic carbocycles. The summed E-state index contributed by atoms with van der Waals surface area (Å²) in [5.41, 5.74) is -6.79. The van der Waals surface area contributed by atoms with Crippen molar-refractivity contribution < 1.29 is 73.4 Å². The van der Waals surface area contributed by atoms with Gasteiger partial charge in [0.25, 0.3) is 12.1 Å². The van der Waals surface area contributed by atoms with Crippen molar-refractivity contribution in [3.05, 3.63) is 90.7 Å². The molecule has 0 radical (unpaired) electrons. The predicted molar refractivity (Wildman–Crippen MR) is 190 cm³/mol. The number of halogens is 9. The minimum absolute atomic E-state index is 0.0398. The number of esters is 2. The van der Waals surface area contributed by atoms with Crippen molar-refractivity contribution >= 4 is 63.0 Å². The van der Waals surface area contributed by atoms with Crippen LogP contribution in [0.2, 0.25) is 5.02 Å². The molecule has 22 heteroatoms. The van der Waals surface area contributed by atoms with Gasteiger partial charge < -0.3 is 14.2 Å². The average Bonchev–Trinajstić information content (AvgIpc) is 3.10. The fourth-order valence-electron chi connectivity index (χ4n) is 4.60. The van der Waals surface area contributed by atoms with Gasteiger partial charge in [0.1, 0.15) is 22.8 Å². The Labute approximate surface area is 326 Å². The number of alkyl halides is 8. The summed E-state index contributed by atoms with van der Waals surface area (Å²) in [5, 5.41) is 9.06. The van der Waals surface area contributed by atoms with E-state index in [1.54, 1.807) is 20.8 Å². The molecule has 1 atom stereocenters. The summed E-state index contributed by atoms with van der Waals surface area (Å²) < 4.78 is 120. The zero-order chi connectivity index (χ0) is 42.9. The van der Waals surface area contributed by atoms with Gasteiger partial charge in [0.05, 0.1) is 33.2 Å². The Morgan fingerprint density at radius 2 is 1.50 bits per heavy atom. The Morgan fingerprint density at radius 3 is 1.96 bits per heavy atom. The van der Waals surface area contributed by atoms with Crippen LogP contribution in [0.1, 0.15) is 87.7 Å². The van der Waals surface area contributed by atoms with Crippen LogP contribution in [0.4, 0.5) is 40.8 Å². The van der Waals surface area contributed by atoms with Crippen LogP contribution in [0.15, 0.2) is 36.4 Å². The third-order valence-corrected chi connectivity index (χ3v) is 8.41. The zero-order valence-electron chi connectivity index (χ0n) is 29.9. The van der Waals surface area contributed by atoms with Crippen molar-refractivity contribution in [2.45, 2.75) is 59.0 Å². The molecule has 306 valence electrons. The van der Waals surface area contributed by atoms with Gasteiger partial charge in [0.15, 0.2) is 11.8 Å². The molecule has 1 unspecified atom stereocenters. The normalized spacial score (nSPS) is 12.1. The number of aromatic nitrogens is 1. The summed E-state index contributed by atoms with van der Waals surface area (Å²) in [6.07, 6.45) is -11.9. The first-order chi connectivity index (χ1) is 25.9. The molecule has 0 aliphatic heterocycles. The van der Waals surface area contributed by atoms with Gasteiger partial charge in [-0.25, -0.2) is 23.4 Å². The monoisotopic (exact) mass is 862 g/mol. The molecule has 56 heavy (non-hydrogen) atoms. The molecule has 0 bridgehead atoms. The van der Waals surface area contributed by atoms with Crippen molar-refractivity contribution in [2.24, 2.45) is 5.92 Å². The Morgan fingerprint density at radius 1 is 0.911 bits per heavy atom. The molecule has 0 saturated heterocycles. The van der Waals surface area contributed by atoms with E-state index in [4.69, 9.17) is 25.8 Å². The summed E-state index contributed by atoms with van der Waals surface area (Å²) >= 11 is 6.91. The topological polar surface area (TPSA) is 152 Å². The second kappa shape index (κ2) is 20.1. The van der Waals surface area contributed by atoms with Gasteiger partial charge in [-0.1, -0.05) is 49.0 Å². The van der Waals surface area contributed by atoms with Crippen LogP contribution in [0.5, 0.6) is 11.5 Å². The van der Waals surface area contributed by atoms with Gasteiger partial charge in [-0.2, -0.15) is 26.3 Å². The van der Waals surface area contributed by atoms with Crippen molar-refractivity contribution in [1.82, 2.24) is 4.98 Å². The Hall–Kier alpha value is -4.50. The lowest BCUT2D eigenvalue weighted by molar-refractivity contribution is -0.385. The first-order valence-electron chi connectivity index (χ1n) is 15.7. The fourth-order valence-corrected chi connectivity index (χ4v) is 5.68. The van der Waals surface area contributed by atoms with Crippen molar-refractivity contribution in [3.63, 3.8) is 0 Å². The summed E-state index contributed by atoms with van der Waals surface area (Å²) in [6.45, 7) is 6.11. The number of nitro benzene ring substituents is 1. The van der Waals surface area contributed by atoms with E-state index in [1.165, 1.54) is 19.4 Å². The third kappa shape index (κ3) is 12.5. The van der Waals surface area contributed by atoms with Gasteiger partial charge >= 0.3 is 24.3 Å². The summed E-state index contributed by atoms with van der Waals surface area (Å²) in [7, 11) is 0. The number of benzene rings is 2. The molecule has 0 saturated carbocycles. The first-order valence-corrected chi connectivity index (χ1v) is 18.5. The summed E-state index contributed by atoms with van der Waals surface area (Å²) in [4.78, 5) is 61.7. The van der Waals surface area contributed by atoms with E-state index in [1.807, 2.05) is 0 Å². The molecule has 11 nitrogen and oxygen atoms in total. The number of hydrogen-bond donors (Lipinski definition) is 0. The van der Waals surface area contributed by atoms with E-state index >= 15 is 0 Å². The number of ether oxygens (including phenoxy) is 3. The van der Waals surface area contributed by atoms with Crippen LogP contribution in [0.25, 0.3) is 0 Å². The van der Waals surface area contributed by atoms with Crippen molar-refractivity contribution in [2.75, 3.05) is 19.1 Å². The van der Waals surface area contributed by atoms with E-state index in [0.29, 0.717) is 29.6 Å².